The van der Waals surface area contributed by atoms with E-state index in [4.69, 9.17) is 4.42 Å². The molecule has 0 saturated carbocycles. The minimum Gasteiger partial charge on any atom is -0.444 e. The van der Waals surface area contributed by atoms with Gasteiger partial charge in [-0.3, -0.25) is 14.4 Å². The minimum atomic E-state index is -0.203. The summed E-state index contributed by atoms with van der Waals surface area (Å²) in [5.41, 5.74) is 2.92. The lowest BCUT2D eigenvalue weighted by Crippen LogP contribution is -2.50. The van der Waals surface area contributed by atoms with Crippen LogP contribution in [0.3, 0.4) is 0 Å². The van der Waals surface area contributed by atoms with Crippen molar-refractivity contribution in [1.82, 2.24) is 20.1 Å². The fourth-order valence-corrected chi connectivity index (χ4v) is 3.70. The van der Waals surface area contributed by atoms with Gasteiger partial charge in [-0.25, -0.2) is 4.98 Å². The Morgan fingerprint density at radius 2 is 1.58 bits per heavy atom. The third-order valence-corrected chi connectivity index (χ3v) is 5.63. The van der Waals surface area contributed by atoms with Crippen LogP contribution in [-0.2, 0) is 22.6 Å². The fraction of sp³-hybridized carbons (Fsp3) is 0.280. The van der Waals surface area contributed by atoms with Gasteiger partial charge in [0.05, 0.1) is 6.42 Å². The molecule has 8 heteroatoms. The van der Waals surface area contributed by atoms with Crippen molar-refractivity contribution in [3.8, 4) is 11.5 Å². The Hall–Kier alpha value is -3.94. The maximum absolute atomic E-state index is 12.7. The molecule has 1 N–H and O–H groups in total. The summed E-state index contributed by atoms with van der Waals surface area (Å²) in [6, 6.07) is 17.1. The van der Waals surface area contributed by atoms with Gasteiger partial charge >= 0.3 is 0 Å². The second-order valence-corrected chi connectivity index (χ2v) is 7.97. The van der Waals surface area contributed by atoms with E-state index in [0.717, 1.165) is 16.7 Å². The van der Waals surface area contributed by atoms with E-state index in [0.29, 0.717) is 45.0 Å². The molecule has 2 heterocycles. The molecule has 2 aromatic carbocycles. The van der Waals surface area contributed by atoms with Crippen molar-refractivity contribution in [3.05, 3.63) is 77.7 Å². The zero-order chi connectivity index (χ0) is 23.2. The fourth-order valence-electron chi connectivity index (χ4n) is 3.70. The first kappa shape index (κ1) is 22.3. The number of rotatable bonds is 6. The number of amides is 3. The largest absolute Gasteiger partial charge is 0.444 e. The summed E-state index contributed by atoms with van der Waals surface area (Å²) >= 11 is 0. The average molecular weight is 447 g/mol. The number of nitrogens with one attached hydrogen (secondary N) is 1. The van der Waals surface area contributed by atoms with Crippen LogP contribution in [0.15, 0.2) is 65.3 Å². The molecule has 3 aromatic rings. The highest BCUT2D eigenvalue weighted by Crippen LogP contribution is 2.20. The Morgan fingerprint density at radius 3 is 2.24 bits per heavy atom. The Bertz CT molecular complexity index is 1120. The monoisotopic (exact) mass is 446 g/mol. The standard InChI is InChI=1S/C25H26N4O4/c1-18(30)28-11-13-29(14-12-28)25(32)22-17-33-24(27-22)21-9-7-20(8-10-21)16-26-23(31)15-19-5-3-2-4-6-19/h2-10,17H,11-16H2,1H3,(H,26,31). The van der Waals surface area contributed by atoms with Crippen LogP contribution in [0.5, 0.6) is 0 Å². The first-order valence-electron chi connectivity index (χ1n) is 10.9. The molecule has 0 spiro atoms. The molecule has 0 unspecified atom stereocenters. The number of nitrogens with zero attached hydrogens (tertiary/aromatic N) is 3. The molecule has 33 heavy (non-hydrogen) atoms. The van der Waals surface area contributed by atoms with Gasteiger partial charge in [-0.05, 0) is 23.3 Å². The van der Waals surface area contributed by atoms with Gasteiger partial charge in [0.25, 0.3) is 5.91 Å². The summed E-state index contributed by atoms with van der Waals surface area (Å²) in [6.07, 6.45) is 1.71. The van der Waals surface area contributed by atoms with E-state index < -0.39 is 0 Å². The molecule has 0 radical (unpaired) electrons. The van der Waals surface area contributed by atoms with Gasteiger partial charge < -0.3 is 19.5 Å². The minimum absolute atomic E-state index is 0.0185. The van der Waals surface area contributed by atoms with E-state index in [2.05, 4.69) is 10.3 Å². The molecular formula is C25H26N4O4. The summed E-state index contributed by atoms with van der Waals surface area (Å²) in [6.45, 7) is 3.96. The molecule has 8 nitrogen and oxygen atoms in total. The highest BCUT2D eigenvalue weighted by molar-refractivity contribution is 5.92. The van der Waals surface area contributed by atoms with Crippen molar-refractivity contribution in [2.45, 2.75) is 19.9 Å². The molecule has 0 bridgehead atoms. The van der Waals surface area contributed by atoms with E-state index in [1.165, 1.54) is 13.2 Å². The summed E-state index contributed by atoms with van der Waals surface area (Å²) in [5, 5.41) is 2.92. The van der Waals surface area contributed by atoms with Crippen LogP contribution >= 0.6 is 0 Å². The summed E-state index contributed by atoms with van der Waals surface area (Å²) in [7, 11) is 0. The highest BCUT2D eigenvalue weighted by Gasteiger charge is 2.25. The van der Waals surface area contributed by atoms with Crippen LogP contribution in [0, 0.1) is 0 Å². The maximum atomic E-state index is 12.7. The van der Waals surface area contributed by atoms with Crippen molar-refractivity contribution in [1.29, 1.82) is 0 Å². The first-order valence-corrected chi connectivity index (χ1v) is 10.9. The second kappa shape index (κ2) is 10.1. The molecule has 3 amide bonds. The molecule has 0 atom stereocenters. The molecule has 1 fully saturated rings. The van der Waals surface area contributed by atoms with Gasteiger partial charge in [0.1, 0.15) is 6.26 Å². The Kier molecular flexibility index (Phi) is 6.83. The van der Waals surface area contributed by atoms with E-state index >= 15 is 0 Å². The molecule has 1 aromatic heterocycles. The Labute approximate surface area is 192 Å². The summed E-state index contributed by atoms with van der Waals surface area (Å²) in [5.74, 6) is 0.140. The average Bonchev–Trinajstić information content (AvgIpc) is 3.34. The van der Waals surface area contributed by atoms with E-state index in [1.54, 1.807) is 9.80 Å². The van der Waals surface area contributed by atoms with Crippen LogP contribution < -0.4 is 5.32 Å². The third kappa shape index (κ3) is 5.65. The molecule has 1 saturated heterocycles. The van der Waals surface area contributed by atoms with E-state index in [1.807, 2.05) is 54.6 Å². The van der Waals surface area contributed by atoms with Gasteiger partial charge in [0, 0.05) is 45.2 Å². The third-order valence-electron chi connectivity index (χ3n) is 5.63. The Morgan fingerprint density at radius 1 is 0.909 bits per heavy atom. The van der Waals surface area contributed by atoms with Gasteiger partial charge in [0.2, 0.25) is 17.7 Å². The van der Waals surface area contributed by atoms with Gasteiger partial charge in [0.15, 0.2) is 5.69 Å². The lowest BCUT2D eigenvalue weighted by molar-refractivity contribution is -0.130. The van der Waals surface area contributed by atoms with E-state index in [9.17, 15) is 14.4 Å². The van der Waals surface area contributed by atoms with Crippen molar-refractivity contribution in [3.63, 3.8) is 0 Å². The number of piperazine rings is 1. The highest BCUT2D eigenvalue weighted by atomic mass is 16.3. The number of benzene rings is 2. The Balaban J connectivity index is 1.31. The lowest BCUT2D eigenvalue weighted by Gasteiger charge is -2.33. The van der Waals surface area contributed by atoms with Gasteiger partial charge in [-0.1, -0.05) is 42.5 Å². The van der Waals surface area contributed by atoms with Crippen molar-refractivity contribution >= 4 is 17.7 Å². The number of carbonyl (C=O) groups excluding carboxylic acids is 3. The quantitative estimate of drug-likeness (QED) is 0.628. The molecular weight excluding hydrogens is 420 g/mol. The van der Waals surface area contributed by atoms with Crippen LogP contribution in [0.25, 0.3) is 11.5 Å². The molecule has 170 valence electrons. The zero-order valence-corrected chi connectivity index (χ0v) is 18.5. The summed E-state index contributed by atoms with van der Waals surface area (Å²) in [4.78, 5) is 44.1. The number of aromatic nitrogens is 1. The number of oxazole rings is 1. The van der Waals surface area contributed by atoms with Gasteiger partial charge in [-0.2, -0.15) is 0 Å². The predicted molar refractivity (Wildman–Crippen MR) is 122 cm³/mol. The molecule has 1 aliphatic heterocycles. The first-order chi connectivity index (χ1) is 16.0. The summed E-state index contributed by atoms with van der Waals surface area (Å²) < 4.78 is 5.53. The van der Waals surface area contributed by atoms with Crippen LogP contribution in [0.1, 0.15) is 28.5 Å². The van der Waals surface area contributed by atoms with Crippen molar-refractivity contribution < 1.29 is 18.8 Å². The van der Waals surface area contributed by atoms with Crippen LogP contribution in [-0.4, -0.2) is 58.7 Å². The lowest BCUT2D eigenvalue weighted by atomic mass is 10.1. The van der Waals surface area contributed by atoms with Gasteiger partial charge in [-0.15, -0.1) is 0 Å². The number of carbonyl (C=O) groups is 3. The van der Waals surface area contributed by atoms with Crippen molar-refractivity contribution in [2.75, 3.05) is 26.2 Å². The number of hydrogen-bond donors (Lipinski definition) is 1. The topological polar surface area (TPSA) is 95.8 Å². The maximum Gasteiger partial charge on any atom is 0.275 e. The number of hydrogen-bond acceptors (Lipinski definition) is 5. The van der Waals surface area contributed by atoms with E-state index in [-0.39, 0.29) is 23.4 Å². The zero-order valence-electron chi connectivity index (χ0n) is 18.5. The molecule has 1 aliphatic rings. The molecule has 0 aliphatic carbocycles. The van der Waals surface area contributed by atoms with Crippen LogP contribution in [0.2, 0.25) is 0 Å². The molecule has 4 rings (SSSR count). The second-order valence-electron chi connectivity index (χ2n) is 7.97. The smallest absolute Gasteiger partial charge is 0.275 e. The normalized spacial score (nSPS) is 13.6. The van der Waals surface area contributed by atoms with Crippen molar-refractivity contribution in [2.24, 2.45) is 0 Å². The van der Waals surface area contributed by atoms with Crippen LogP contribution in [0.4, 0.5) is 0 Å². The predicted octanol–water partition coefficient (Wildman–Crippen LogP) is 2.50. The SMILES string of the molecule is CC(=O)N1CCN(C(=O)c2coc(-c3ccc(CNC(=O)Cc4ccccc4)cc3)n2)CC1.